The van der Waals surface area contributed by atoms with Gasteiger partial charge in [0.2, 0.25) is 5.91 Å². The molecular weight excluding hydrogens is 396 g/mol. The lowest BCUT2D eigenvalue weighted by molar-refractivity contribution is -0.121. The Morgan fingerprint density at radius 3 is 2.79 bits per heavy atom. The number of hydrogen-bond donors (Lipinski definition) is 2. The van der Waals surface area contributed by atoms with Gasteiger partial charge in [-0.2, -0.15) is 5.26 Å². The molecule has 29 heavy (non-hydrogen) atoms. The molecule has 0 unspecified atom stereocenters. The molecule has 3 amide bonds. The third-order valence-corrected chi connectivity index (χ3v) is 6.34. The number of nitrogens with zero attached hydrogens (tertiary/aromatic N) is 4. The van der Waals surface area contributed by atoms with Gasteiger partial charge in [0, 0.05) is 2.85 Å². The molecule has 0 saturated carbocycles. The Balaban J connectivity index is 0.00000240. The van der Waals surface area contributed by atoms with Crippen LogP contribution in [0.5, 0.6) is 0 Å². The Morgan fingerprint density at radius 1 is 1.41 bits per heavy atom. The van der Waals surface area contributed by atoms with Crippen molar-refractivity contribution < 1.29 is 20.9 Å². The normalized spacial score (nSPS) is 15.7. The van der Waals surface area contributed by atoms with Gasteiger partial charge in [-0.25, -0.2) is 22.5 Å². The van der Waals surface area contributed by atoms with E-state index in [1.165, 1.54) is 12.3 Å². The Kier molecular flexibility index (Phi) is 5.21. The number of rotatable bonds is 4. The van der Waals surface area contributed by atoms with E-state index in [0.717, 1.165) is 0 Å². The van der Waals surface area contributed by atoms with Crippen molar-refractivity contribution in [1.82, 2.24) is 19.6 Å². The first-order valence-corrected chi connectivity index (χ1v) is 10.1. The number of anilines is 1. The summed E-state index contributed by atoms with van der Waals surface area (Å²) in [7, 11) is -4.18. The van der Waals surface area contributed by atoms with E-state index in [9.17, 15) is 18.0 Å². The lowest BCUT2D eigenvalue weighted by atomic mass is 10.2. The van der Waals surface area contributed by atoms with Gasteiger partial charge in [-0.3, -0.25) is 9.78 Å². The van der Waals surface area contributed by atoms with E-state index in [1.54, 1.807) is 32.9 Å². The van der Waals surface area contributed by atoms with Crippen LogP contribution >= 0.6 is 0 Å². The minimum atomic E-state index is -4.18. The van der Waals surface area contributed by atoms with Crippen LogP contribution in [0.3, 0.4) is 0 Å². The SMILES string of the molecule is Cc1cccc2c1S(=O)(=O)N(CC(=O)N[C@H](C)c1ncc(C#N)nc1C)C(=O)N2.[HH].[HH]. The molecule has 3 rings (SSSR count). The number of carbonyl (C=O) groups excluding carboxylic acids is 2. The number of carbonyl (C=O) groups is 2. The van der Waals surface area contributed by atoms with E-state index in [4.69, 9.17) is 5.26 Å². The highest BCUT2D eigenvalue weighted by Gasteiger charge is 2.39. The second kappa shape index (κ2) is 7.48. The summed E-state index contributed by atoms with van der Waals surface area (Å²) < 4.78 is 26.3. The molecule has 1 aliphatic heterocycles. The fourth-order valence-electron chi connectivity index (χ4n) is 3.10. The topological polar surface area (TPSA) is 145 Å². The van der Waals surface area contributed by atoms with Gasteiger partial charge >= 0.3 is 6.03 Å². The van der Waals surface area contributed by atoms with Crippen molar-refractivity contribution in [2.45, 2.75) is 31.7 Å². The lowest BCUT2D eigenvalue weighted by Crippen LogP contribution is -2.49. The minimum Gasteiger partial charge on any atom is -0.346 e. The van der Waals surface area contributed by atoms with Crippen molar-refractivity contribution >= 4 is 27.6 Å². The molecule has 2 N–H and O–H groups in total. The molecule has 1 aliphatic rings. The molecule has 10 nitrogen and oxygen atoms in total. The van der Waals surface area contributed by atoms with Gasteiger partial charge in [-0.15, -0.1) is 0 Å². The third-order valence-electron chi connectivity index (χ3n) is 4.40. The summed E-state index contributed by atoms with van der Waals surface area (Å²) in [6.07, 6.45) is 1.28. The van der Waals surface area contributed by atoms with E-state index >= 15 is 0 Å². The van der Waals surface area contributed by atoms with E-state index in [0.29, 0.717) is 21.3 Å². The summed E-state index contributed by atoms with van der Waals surface area (Å²) >= 11 is 0. The number of amides is 3. The van der Waals surface area contributed by atoms with Crippen molar-refractivity contribution in [3.8, 4) is 6.07 Å². The van der Waals surface area contributed by atoms with Gasteiger partial charge in [0.05, 0.1) is 29.3 Å². The number of fused-ring (bicyclic) bond motifs is 1. The molecule has 0 radical (unpaired) electrons. The molecule has 0 aliphatic carbocycles. The maximum absolute atomic E-state index is 12.9. The van der Waals surface area contributed by atoms with E-state index in [-0.39, 0.29) is 19.1 Å². The number of benzene rings is 1. The van der Waals surface area contributed by atoms with Crippen molar-refractivity contribution in [2.75, 3.05) is 11.9 Å². The summed E-state index contributed by atoms with van der Waals surface area (Å²) in [6, 6.07) is 5.11. The predicted octanol–water partition coefficient (Wildman–Crippen LogP) is 1.87. The average molecular weight is 418 g/mol. The van der Waals surface area contributed by atoms with Gasteiger partial charge in [0.25, 0.3) is 10.0 Å². The van der Waals surface area contributed by atoms with Crippen molar-refractivity contribution in [3.05, 3.63) is 47.0 Å². The monoisotopic (exact) mass is 418 g/mol. The molecule has 2 aromatic rings. The van der Waals surface area contributed by atoms with Crippen molar-refractivity contribution in [1.29, 1.82) is 5.26 Å². The number of aromatic nitrogens is 2. The average Bonchev–Trinajstić information content (AvgIpc) is 2.64. The van der Waals surface area contributed by atoms with Gasteiger partial charge in [0.1, 0.15) is 17.5 Å². The number of nitrogens with one attached hydrogen (secondary N) is 2. The number of urea groups is 1. The highest BCUT2D eigenvalue weighted by molar-refractivity contribution is 7.90. The minimum absolute atomic E-state index is 0. The second-order valence-electron chi connectivity index (χ2n) is 6.52. The third kappa shape index (κ3) is 3.74. The smallest absolute Gasteiger partial charge is 0.336 e. The van der Waals surface area contributed by atoms with Gasteiger partial charge in [0.15, 0.2) is 5.69 Å². The van der Waals surface area contributed by atoms with Crippen LogP contribution in [0.25, 0.3) is 0 Å². The molecule has 11 heteroatoms. The molecule has 0 spiro atoms. The van der Waals surface area contributed by atoms with Crippen LogP contribution in [0.1, 0.15) is 38.5 Å². The zero-order valence-corrected chi connectivity index (χ0v) is 16.7. The van der Waals surface area contributed by atoms with Crippen molar-refractivity contribution in [3.63, 3.8) is 0 Å². The van der Waals surface area contributed by atoms with E-state index in [2.05, 4.69) is 20.6 Å². The Bertz CT molecular complexity index is 1170. The first-order chi connectivity index (χ1) is 13.6. The molecule has 0 fully saturated rings. The van der Waals surface area contributed by atoms with E-state index < -0.39 is 34.5 Å². The number of sulfonamides is 1. The molecule has 1 aromatic heterocycles. The molecule has 0 bridgehead atoms. The molecular formula is C18H22N6O4S. The van der Waals surface area contributed by atoms with Crippen LogP contribution < -0.4 is 10.6 Å². The lowest BCUT2D eigenvalue weighted by Gasteiger charge is -2.29. The fraction of sp³-hybridized carbons (Fsp3) is 0.278. The summed E-state index contributed by atoms with van der Waals surface area (Å²) in [4.78, 5) is 32.9. The Morgan fingerprint density at radius 2 is 2.14 bits per heavy atom. The van der Waals surface area contributed by atoms with E-state index in [1.807, 2.05) is 6.07 Å². The van der Waals surface area contributed by atoms with Gasteiger partial charge in [-0.1, -0.05) is 12.1 Å². The van der Waals surface area contributed by atoms with Crippen LogP contribution in [0, 0.1) is 25.2 Å². The quantitative estimate of drug-likeness (QED) is 0.771. The Labute approximate surface area is 170 Å². The molecule has 0 saturated heterocycles. The molecule has 1 atom stereocenters. The zero-order chi connectivity index (χ0) is 21.3. The van der Waals surface area contributed by atoms with Gasteiger partial charge in [-0.05, 0) is 32.4 Å². The fourth-order valence-corrected chi connectivity index (χ4v) is 4.75. The van der Waals surface area contributed by atoms with Crippen LogP contribution in [0.2, 0.25) is 0 Å². The van der Waals surface area contributed by atoms with Crippen LogP contribution in [-0.2, 0) is 14.8 Å². The Hall–Kier alpha value is -3.52. The number of hydrogen-bond acceptors (Lipinski definition) is 7. The first-order valence-electron chi connectivity index (χ1n) is 8.61. The highest BCUT2D eigenvalue weighted by atomic mass is 32.2. The number of nitriles is 1. The van der Waals surface area contributed by atoms with Crippen LogP contribution in [-0.4, -0.2) is 41.2 Å². The van der Waals surface area contributed by atoms with Gasteiger partial charge < -0.3 is 10.6 Å². The standard InChI is InChI=1S/C18H18N6O4S.2H2/c1-10-5-4-6-14-17(10)29(27,28)24(18(26)23-14)9-15(25)22-12(3)16-11(2)21-13(7-19)8-20-16;;/h4-6,8,12H,9H2,1-3H3,(H,22,25)(H,23,26);2*1H/t12-;;/m1../s1. The molecule has 1 aromatic carbocycles. The van der Waals surface area contributed by atoms with Crippen LogP contribution in [0.4, 0.5) is 10.5 Å². The largest absolute Gasteiger partial charge is 0.346 e. The highest BCUT2D eigenvalue weighted by Crippen LogP contribution is 2.32. The second-order valence-corrected chi connectivity index (χ2v) is 8.32. The summed E-state index contributed by atoms with van der Waals surface area (Å²) in [5.41, 5.74) is 1.69. The zero-order valence-electron chi connectivity index (χ0n) is 15.9. The summed E-state index contributed by atoms with van der Waals surface area (Å²) in [5.74, 6) is -0.682. The van der Waals surface area contributed by atoms with Crippen molar-refractivity contribution in [2.24, 2.45) is 0 Å². The molecule has 154 valence electrons. The number of aryl methyl sites for hydroxylation is 2. The predicted molar refractivity (Wildman–Crippen MR) is 106 cm³/mol. The maximum Gasteiger partial charge on any atom is 0.336 e. The maximum atomic E-state index is 12.9. The summed E-state index contributed by atoms with van der Waals surface area (Å²) in [5, 5.41) is 14.0. The summed E-state index contributed by atoms with van der Waals surface area (Å²) in [6.45, 7) is 4.22. The first kappa shape index (κ1) is 20.2. The molecule has 2 heterocycles. The van der Waals surface area contributed by atoms with Crippen LogP contribution in [0.15, 0.2) is 29.3 Å².